The van der Waals surface area contributed by atoms with Gasteiger partial charge in [-0.15, -0.1) is 0 Å². The van der Waals surface area contributed by atoms with Gasteiger partial charge >= 0.3 is 0 Å². The molecule has 0 aliphatic heterocycles. The molecule has 1 saturated carbocycles. The fourth-order valence-electron chi connectivity index (χ4n) is 2.34. The third-order valence-electron chi connectivity index (χ3n) is 3.39. The zero-order chi connectivity index (χ0) is 11.3. The average molecular weight is 208 g/mol. The highest BCUT2D eigenvalue weighted by molar-refractivity contribution is 5.82. The zero-order valence-corrected chi connectivity index (χ0v) is 9.75. The van der Waals surface area contributed by atoms with Gasteiger partial charge in [-0.25, -0.2) is 0 Å². The van der Waals surface area contributed by atoms with Crippen molar-refractivity contribution < 1.29 is 4.79 Å². The molecular formula is C12H20N2O. The first-order chi connectivity index (χ1) is 7.14. The highest BCUT2D eigenvalue weighted by Crippen LogP contribution is 2.39. The Labute approximate surface area is 92.1 Å². The van der Waals surface area contributed by atoms with Crippen LogP contribution in [0.25, 0.3) is 0 Å². The van der Waals surface area contributed by atoms with E-state index in [0.717, 1.165) is 32.2 Å². The lowest BCUT2D eigenvalue weighted by atomic mass is 9.87. The monoisotopic (exact) mass is 208 g/mol. The molecule has 0 saturated heterocycles. The second kappa shape index (κ2) is 5.16. The number of carbonyl (C=O) groups is 1. The van der Waals surface area contributed by atoms with Crippen LogP contribution in [0.1, 0.15) is 46.0 Å². The van der Waals surface area contributed by atoms with Gasteiger partial charge in [-0.3, -0.25) is 4.79 Å². The first kappa shape index (κ1) is 12.0. The summed E-state index contributed by atoms with van der Waals surface area (Å²) in [4.78, 5) is 14.0. The number of hydrogen-bond donors (Lipinski definition) is 0. The molecule has 0 bridgehead atoms. The van der Waals surface area contributed by atoms with E-state index < -0.39 is 0 Å². The number of hydrogen-bond acceptors (Lipinski definition) is 2. The minimum Gasteiger partial charge on any atom is -0.341 e. The van der Waals surface area contributed by atoms with Crippen molar-refractivity contribution in [2.45, 2.75) is 46.0 Å². The molecule has 3 heteroatoms. The Hall–Kier alpha value is -1.04. The molecule has 0 N–H and O–H groups in total. The highest BCUT2D eigenvalue weighted by atomic mass is 16.2. The minimum absolute atomic E-state index is 0.147. The van der Waals surface area contributed by atoms with Crippen LogP contribution in [-0.2, 0) is 4.79 Å². The van der Waals surface area contributed by atoms with Crippen LogP contribution in [0.3, 0.4) is 0 Å². The molecule has 0 radical (unpaired) electrons. The summed E-state index contributed by atoms with van der Waals surface area (Å²) in [6.45, 7) is 5.35. The van der Waals surface area contributed by atoms with Gasteiger partial charge in [0.05, 0.1) is 12.5 Å². The molecule has 0 aromatic heterocycles. The Balaban J connectivity index is 2.60. The van der Waals surface area contributed by atoms with Gasteiger partial charge in [-0.1, -0.05) is 19.8 Å². The van der Waals surface area contributed by atoms with Crippen molar-refractivity contribution in [3.8, 4) is 6.07 Å². The van der Waals surface area contributed by atoms with Crippen molar-refractivity contribution in [2.24, 2.45) is 5.41 Å². The molecule has 1 aliphatic carbocycles. The molecule has 0 aromatic carbocycles. The summed E-state index contributed by atoms with van der Waals surface area (Å²) >= 11 is 0. The summed E-state index contributed by atoms with van der Waals surface area (Å²) in [5.41, 5.74) is -0.147. The van der Waals surface area contributed by atoms with E-state index in [0.29, 0.717) is 13.0 Å². The normalized spacial score (nSPS) is 18.5. The largest absolute Gasteiger partial charge is 0.341 e. The van der Waals surface area contributed by atoms with E-state index >= 15 is 0 Å². The smallest absolute Gasteiger partial charge is 0.228 e. The highest BCUT2D eigenvalue weighted by Gasteiger charge is 2.38. The maximum atomic E-state index is 12.2. The molecule has 1 aliphatic rings. The summed E-state index contributed by atoms with van der Waals surface area (Å²) in [7, 11) is 0. The van der Waals surface area contributed by atoms with E-state index in [1.807, 2.05) is 11.8 Å². The van der Waals surface area contributed by atoms with Crippen LogP contribution in [0.4, 0.5) is 0 Å². The summed E-state index contributed by atoms with van der Waals surface area (Å²) in [5, 5.41) is 8.53. The van der Waals surface area contributed by atoms with Crippen molar-refractivity contribution >= 4 is 5.91 Å². The quantitative estimate of drug-likeness (QED) is 0.711. The Morgan fingerprint density at radius 3 is 2.53 bits per heavy atom. The van der Waals surface area contributed by atoms with E-state index in [1.165, 1.54) is 0 Å². The molecule has 0 atom stereocenters. The van der Waals surface area contributed by atoms with Gasteiger partial charge in [0.15, 0.2) is 0 Å². The van der Waals surface area contributed by atoms with E-state index in [4.69, 9.17) is 5.26 Å². The van der Waals surface area contributed by atoms with Crippen LogP contribution in [-0.4, -0.2) is 23.9 Å². The number of nitriles is 1. The molecule has 3 nitrogen and oxygen atoms in total. The van der Waals surface area contributed by atoms with Gasteiger partial charge in [-0.2, -0.15) is 5.26 Å². The van der Waals surface area contributed by atoms with E-state index in [9.17, 15) is 4.79 Å². The number of rotatable bonds is 4. The van der Waals surface area contributed by atoms with Crippen LogP contribution in [0.15, 0.2) is 0 Å². The molecule has 15 heavy (non-hydrogen) atoms. The lowest BCUT2D eigenvalue weighted by molar-refractivity contribution is -0.140. The predicted octanol–water partition coefficient (Wildman–Crippen LogP) is 2.33. The number of nitrogens with zero attached hydrogens (tertiary/aromatic N) is 2. The maximum absolute atomic E-state index is 12.2. The van der Waals surface area contributed by atoms with Crippen LogP contribution >= 0.6 is 0 Å². The molecule has 1 fully saturated rings. The molecule has 0 aromatic rings. The third-order valence-corrected chi connectivity index (χ3v) is 3.39. The standard InChI is InChI=1S/C12H20N2O/c1-3-14(10-6-9-13)11(15)12(2)7-4-5-8-12/h3-8,10H2,1-2H3. The second-order valence-electron chi connectivity index (χ2n) is 4.56. The lowest BCUT2D eigenvalue weighted by Gasteiger charge is -2.30. The van der Waals surface area contributed by atoms with Gasteiger partial charge in [0.2, 0.25) is 5.91 Å². The number of carbonyl (C=O) groups excluding carboxylic acids is 1. The van der Waals surface area contributed by atoms with E-state index in [1.54, 1.807) is 0 Å². The maximum Gasteiger partial charge on any atom is 0.228 e. The molecule has 0 unspecified atom stereocenters. The average Bonchev–Trinajstić information content (AvgIpc) is 2.67. The van der Waals surface area contributed by atoms with Gasteiger partial charge in [0.25, 0.3) is 0 Å². The van der Waals surface area contributed by atoms with Gasteiger partial charge in [0.1, 0.15) is 0 Å². The fraction of sp³-hybridized carbons (Fsp3) is 0.833. The topological polar surface area (TPSA) is 44.1 Å². The summed E-state index contributed by atoms with van der Waals surface area (Å²) in [6, 6.07) is 2.10. The SMILES string of the molecule is CCN(CCC#N)C(=O)C1(C)CCCC1. The predicted molar refractivity (Wildman–Crippen MR) is 59.1 cm³/mol. The van der Waals surface area contributed by atoms with Gasteiger partial charge in [0, 0.05) is 18.5 Å². The van der Waals surface area contributed by atoms with Crippen LogP contribution in [0.2, 0.25) is 0 Å². The van der Waals surface area contributed by atoms with Crippen molar-refractivity contribution in [3.05, 3.63) is 0 Å². The van der Waals surface area contributed by atoms with Gasteiger partial charge in [-0.05, 0) is 19.8 Å². The van der Waals surface area contributed by atoms with E-state index in [-0.39, 0.29) is 11.3 Å². The molecular weight excluding hydrogens is 188 g/mol. The number of amides is 1. The molecule has 1 rings (SSSR count). The Morgan fingerprint density at radius 1 is 1.47 bits per heavy atom. The molecule has 84 valence electrons. The van der Waals surface area contributed by atoms with Crippen molar-refractivity contribution in [2.75, 3.05) is 13.1 Å². The first-order valence-electron chi connectivity index (χ1n) is 5.80. The Bertz CT molecular complexity index is 261. The first-order valence-corrected chi connectivity index (χ1v) is 5.80. The van der Waals surface area contributed by atoms with Crippen molar-refractivity contribution in [1.82, 2.24) is 4.90 Å². The molecule has 0 heterocycles. The molecule has 1 amide bonds. The summed E-state index contributed by atoms with van der Waals surface area (Å²) in [6.07, 6.45) is 4.79. The summed E-state index contributed by atoms with van der Waals surface area (Å²) in [5.74, 6) is 0.248. The van der Waals surface area contributed by atoms with E-state index in [2.05, 4.69) is 13.0 Å². The second-order valence-corrected chi connectivity index (χ2v) is 4.56. The van der Waals surface area contributed by atoms with Crippen LogP contribution in [0.5, 0.6) is 0 Å². The summed E-state index contributed by atoms with van der Waals surface area (Å²) < 4.78 is 0. The van der Waals surface area contributed by atoms with Crippen LogP contribution in [0, 0.1) is 16.7 Å². The van der Waals surface area contributed by atoms with Gasteiger partial charge < -0.3 is 4.90 Å². The zero-order valence-electron chi connectivity index (χ0n) is 9.75. The van der Waals surface area contributed by atoms with Crippen molar-refractivity contribution in [3.63, 3.8) is 0 Å². The van der Waals surface area contributed by atoms with Crippen LogP contribution < -0.4 is 0 Å². The fourth-order valence-corrected chi connectivity index (χ4v) is 2.34. The third kappa shape index (κ3) is 2.71. The molecule has 0 spiro atoms. The minimum atomic E-state index is -0.147. The Morgan fingerprint density at radius 2 is 2.07 bits per heavy atom. The lowest BCUT2D eigenvalue weighted by Crippen LogP contribution is -2.41. The van der Waals surface area contributed by atoms with Crippen molar-refractivity contribution in [1.29, 1.82) is 5.26 Å². The Kier molecular flexibility index (Phi) is 4.14.